The number of pyridine rings is 1. The zero-order valence-corrected chi connectivity index (χ0v) is 9.74. The highest BCUT2D eigenvalue weighted by molar-refractivity contribution is 6.31. The van der Waals surface area contributed by atoms with Gasteiger partial charge in [0.15, 0.2) is 0 Å². The zero-order valence-electron chi connectivity index (χ0n) is 8.98. The van der Waals surface area contributed by atoms with Gasteiger partial charge in [-0.15, -0.1) is 0 Å². The fourth-order valence-electron chi connectivity index (χ4n) is 1.58. The molecule has 0 aliphatic rings. The molecule has 2 heterocycles. The lowest BCUT2D eigenvalue weighted by Gasteiger charge is -2.10. The van der Waals surface area contributed by atoms with E-state index in [1.807, 2.05) is 19.1 Å². The molecule has 84 valence electrons. The lowest BCUT2D eigenvalue weighted by atomic mass is 10.0. The monoisotopic (exact) mass is 236 g/mol. The SMILES string of the molecule is Cc1cc(C(N)Cc2ccncc2Cl)co1. The molecule has 3 nitrogen and oxygen atoms in total. The topological polar surface area (TPSA) is 52.0 Å². The second-order valence-electron chi connectivity index (χ2n) is 3.77. The molecule has 0 aliphatic heterocycles. The number of nitrogens with zero attached hydrogens (tertiary/aromatic N) is 1. The molecular weight excluding hydrogens is 224 g/mol. The van der Waals surface area contributed by atoms with Crippen molar-refractivity contribution in [3.05, 3.63) is 52.7 Å². The first-order valence-electron chi connectivity index (χ1n) is 5.06. The van der Waals surface area contributed by atoms with E-state index in [1.165, 1.54) is 0 Å². The maximum Gasteiger partial charge on any atom is 0.101 e. The number of hydrogen-bond donors (Lipinski definition) is 1. The van der Waals surface area contributed by atoms with E-state index in [0.29, 0.717) is 11.4 Å². The summed E-state index contributed by atoms with van der Waals surface area (Å²) in [6.45, 7) is 1.90. The summed E-state index contributed by atoms with van der Waals surface area (Å²) in [5.41, 5.74) is 8.06. The molecule has 0 spiro atoms. The Morgan fingerprint density at radius 1 is 1.56 bits per heavy atom. The Kier molecular flexibility index (Phi) is 3.27. The third-order valence-electron chi connectivity index (χ3n) is 2.48. The minimum atomic E-state index is -0.0997. The van der Waals surface area contributed by atoms with Crippen LogP contribution < -0.4 is 5.73 Å². The maximum atomic E-state index is 6.07. The van der Waals surface area contributed by atoms with E-state index in [-0.39, 0.29) is 6.04 Å². The molecule has 2 rings (SSSR count). The molecule has 2 aromatic heterocycles. The summed E-state index contributed by atoms with van der Waals surface area (Å²) in [7, 11) is 0. The number of halogens is 1. The minimum Gasteiger partial charge on any atom is -0.469 e. The van der Waals surface area contributed by atoms with Gasteiger partial charge in [-0.05, 0) is 31.0 Å². The van der Waals surface area contributed by atoms with E-state index < -0.39 is 0 Å². The Labute approximate surface area is 99.2 Å². The van der Waals surface area contributed by atoms with Crippen LogP contribution in [0.15, 0.2) is 35.2 Å². The number of rotatable bonds is 3. The van der Waals surface area contributed by atoms with Crippen molar-refractivity contribution < 1.29 is 4.42 Å². The third kappa shape index (κ3) is 2.43. The summed E-state index contributed by atoms with van der Waals surface area (Å²) in [5.74, 6) is 0.867. The van der Waals surface area contributed by atoms with Crippen LogP contribution in [0, 0.1) is 6.92 Å². The largest absolute Gasteiger partial charge is 0.469 e. The molecule has 1 atom stereocenters. The second-order valence-corrected chi connectivity index (χ2v) is 4.18. The zero-order chi connectivity index (χ0) is 11.5. The van der Waals surface area contributed by atoms with Gasteiger partial charge in [0.25, 0.3) is 0 Å². The Hall–Kier alpha value is -1.32. The fraction of sp³-hybridized carbons (Fsp3) is 0.250. The van der Waals surface area contributed by atoms with Gasteiger partial charge < -0.3 is 10.2 Å². The Morgan fingerprint density at radius 3 is 3.00 bits per heavy atom. The summed E-state index contributed by atoms with van der Waals surface area (Å²) >= 11 is 6.02. The van der Waals surface area contributed by atoms with Crippen molar-refractivity contribution in [2.75, 3.05) is 0 Å². The van der Waals surface area contributed by atoms with Crippen LogP contribution in [0.1, 0.15) is 22.9 Å². The quantitative estimate of drug-likeness (QED) is 0.892. The summed E-state index contributed by atoms with van der Waals surface area (Å²) in [6.07, 6.45) is 5.72. The Balaban J connectivity index is 2.13. The van der Waals surface area contributed by atoms with Gasteiger partial charge in [-0.3, -0.25) is 4.98 Å². The molecule has 0 bridgehead atoms. The minimum absolute atomic E-state index is 0.0997. The van der Waals surface area contributed by atoms with Gasteiger partial charge in [0.2, 0.25) is 0 Å². The van der Waals surface area contributed by atoms with Gasteiger partial charge >= 0.3 is 0 Å². The van der Waals surface area contributed by atoms with Gasteiger partial charge in [0.1, 0.15) is 5.76 Å². The van der Waals surface area contributed by atoms with Crippen LogP contribution in [0.2, 0.25) is 5.02 Å². The van der Waals surface area contributed by atoms with Crippen LogP contribution in [0.25, 0.3) is 0 Å². The third-order valence-corrected chi connectivity index (χ3v) is 2.82. The maximum absolute atomic E-state index is 6.07. The number of furan rings is 1. The smallest absolute Gasteiger partial charge is 0.101 e. The number of aromatic nitrogens is 1. The number of aryl methyl sites for hydroxylation is 1. The van der Waals surface area contributed by atoms with Gasteiger partial charge in [0.05, 0.1) is 11.3 Å². The summed E-state index contributed by atoms with van der Waals surface area (Å²) in [6, 6.07) is 3.73. The van der Waals surface area contributed by atoms with Crippen molar-refractivity contribution in [3.63, 3.8) is 0 Å². The highest BCUT2D eigenvalue weighted by Crippen LogP contribution is 2.22. The molecular formula is C12H13ClN2O. The molecule has 2 aromatic rings. The molecule has 0 aromatic carbocycles. The molecule has 0 aliphatic carbocycles. The average molecular weight is 237 g/mol. The molecule has 0 radical (unpaired) electrons. The summed E-state index contributed by atoms with van der Waals surface area (Å²) < 4.78 is 5.23. The van der Waals surface area contributed by atoms with Crippen molar-refractivity contribution >= 4 is 11.6 Å². The van der Waals surface area contributed by atoms with Crippen LogP contribution in [-0.4, -0.2) is 4.98 Å². The normalized spacial score (nSPS) is 12.7. The molecule has 4 heteroatoms. The van der Waals surface area contributed by atoms with E-state index in [0.717, 1.165) is 16.9 Å². The summed E-state index contributed by atoms with van der Waals surface area (Å²) in [4.78, 5) is 3.94. The highest BCUT2D eigenvalue weighted by Gasteiger charge is 2.11. The average Bonchev–Trinajstić information content (AvgIpc) is 2.68. The van der Waals surface area contributed by atoms with Crippen molar-refractivity contribution in [2.24, 2.45) is 5.73 Å². The molecule has 1 unspecified atom stereocenters. The van der Waals surface area contributed by atoms with E-state index in [1.54, 1.807) is 18.7 Å². The van der Waals surface area contributed by atoms with Gasteiger partial charge in [-0.1, -0.05) is 11.6 Å². The van der Waals surface area contributed by atoms with Crippen molar-refractivity contribution in [2.45, 2.75) is 19.4 Å². The van der Waals surface area contributed by atoms with E-state index in [2.05, 4.69) is 4.98 Å². The predicted octanol–water partition coefficient (Wildman–Crippen LogP) is 2.88. The molecule has 0 fully saturated rings. The van der Waals surface area contributed by atoms with Crippen LogP contribution in [0.5, 0.6) is 0 Å². The van der Waals surface area contributed by atoms with E-state index in [9.17, 15) is 0 Å². The first-order valence-corrected chi connectivity index (χ1v) is 5.43. The van der Waals surface area contributed by atoms with E-state index in [4.69, 9.17) is 21.8 Å². The van der Waals surface area contributed by atoms with Crippen molar-refractivity contribution in [1.29, 1.82) is 0 Å². The van der Waals surface area contributed by atoms with Crippen LogP contribution in [0.3, 0.4) is 0 Å². The molecule has 16 heavy (non-hydrogen) atoms. The first kappa shape index (κ1) is 11.2. The van der Waals surface area contributed by atoms with Gasteiger partial charge in [-0.25, -0.2) is 0 Å². The molecule has 0 saturated carbocycles. The van der Waals surface area contributed by atoms with E-state index >= 15 is 0 Å². The molecule has 0 saturated heterocycles. The van der Waals surface area contributed by atoms with Crippen molar-refractivity contribution in [3.8, 4) is 0 Å². The fourth-order valence-corrected chi connectivity index (χ4v) is 1.78. The Bertz CT molecular complexity index is 481. The van der Waals surface area contributed by atoms with Gasteiger partial charge in [0, 0.05) is 24.0 Å². The summed E-state index contributed by atoms with van der Waals surface area (Å²) in [5, 5.41) is 0.651. The standard InChI is InChI=1S/C12H13ClN2O/c1-8-4-10(7-16-8)12(14)5-9-2-3-15-6-11(9)13/h2-4,6-7,12H,5,14H2,1H3. The van der Waals surface area contributed by atoms with Crippen LogP contribution in [-0.2, 0) is 6.42 Å². The molecule has 2 N–H and O–H groups in total. The first-order chi connectivity index (χ1) is 7.66. The number of hydrogen-bond acceptors (Lipinski definition) is 3. The second kappa shape index (κ2) is 4.68. The Morgan fingerprint density at radius 2 is 2.38 bits per heavy atom. The lowest BCUT2D eigenvalue weighted by Crippen LogP contribution is -2.12. The van der Waals surface area contributed by atoms with Crippen LogP contribution in [0.4, 0.5) is 0 Å². The predicted molar refractivity (Wildman–Crippen MR) is 63.3 cm³/mol. The molecule has 0 amide bonds. The van der Waals surface area contributed by atoms with Crippen molar-refractivity contribution in [1.82, 2.24) is 4.98 Å². The number of nitrogens with two attached hydrogens (primary N) is 1. The van der Waals surface area contributed by atoms with Crippen LogP contribution >= 0.6 is 11.6 Å². The highest BCUT2D eigenvalue weighted by atomic mass is 35.5. The van der Waals surface area contributed by atoms with Gasteiger partial charge in [-0.2, -0.15) is 0 Å². The lowest BCUT2D eigenvalue weighted by molar-refractivity contribution is 0.528.